The van der Waals surface area contributed by atoms with E-state index in [4.69, 9.17) is 0 Å². The summed E-state index contributed by atoms with van der Waals surface area (Å²) in [6, 6.07) is 6.64. The van der Waals surface area contributed by atoms with E-state index in [1.165, 1.54) is 6.07 Å². The van der Waals surface area contributed by atoms with Crippen LogP contribution in [0.15, 0.2) is 35.6 Å². The van der Waals surface area contributed by atoms with Crippen LogP contribution in [0.3, 0.4) is 0 Å². The number of hydrogen-bond acceptors (Lipinski definition) is 3. The van der Waals surface area contributed by atoms with Crippen LogP contribution in [-0.2, 0) is 19.4 Å². The first-order valence-corrected chi connectivity index (χ1v) is 7.78. The van der Waals surface area contributed by atoms with Crippen molar-refractivity contribution in [1.29, 1.82) is 0 Å². The zero-order valence-electron chi connectivity index (χ0n) is 14.0. The molecule has 2 aromatic rings. The molecule has 8 heteroatoms. The Hall–Kier alpha value is -1.71. The summed E-state index contributed by atoms with van der Waals surface area (Å²) < 4.78 is 15.1. The normalized spacial score (nSPS) is 11.0. The van der Waals surface area contributed by atoms with E-state index in [-0.39, 0.29) is 29.8 Å². The van der Waals surface area contributed by atoms with Gasteiger partial charge in [-0.25, -0.2) is 4.39 Å². The van der Waals surface area contributed by atoms with E-state index in [1.807, 2.05) is 10.6 Å². The van der Waals surface area contributed by atoms with Crippen LogP contribution in [0.1, 0.15) is 18.3 Å². The molecule has 132 valence electrons. The van der Waals surface area contributed by atoms with Gasteiger partial charge in [0.15, 0.2) is 5.96 Å². The number of aliphatic imine (C=N–C) groups is 1. The third-order valence-corrected chi connectivity index (χ3v) is 3.48. The maximum absolute atomic E-state index is 13.1. The van der Waals surface area contributed by atoms with Gasteiger partial charge >= 0.3 is 0 Å². The van der Waals surface area contributed by atoms with Crippen molar-refractivity contribution in [1.82, 2.24) is 25.4 Å². The Morgan fingerprint density at radius 2 is 2.08 bits per heavy atom. The van der Waals surface area contributed by atoms with Crippen molar-refractivity contribution in [3.63, 3.8) is 0 Å². The Balaban J connectivity index is 0.00000288. The van der Waals surface area contributed by atoms with E-state index in [9.17, 15) is 4.39 Å². The van der Waals surface area contributed by atoms with Gasteiger partial charge in [-0.1, -0.05) is 19.1 Å². The molecule has 0 spiro atoms. The maximum atomic E-state index is 13.1. The van der Waals surface area contributed by atoms with Gasteiger partial charge in [-0.05, 0) is 24.1 Å². The van der Waals surface area contributed by atoms with Gasteiger partial charge in [0.25, 0.3) is 0 Å². The zero-order chi connectivity index (χ0) is 16.5. The largest absolute Gasteiger partial charge is 0.356 e. The van der Waals surface area contributed by atoms with Gasteiger partial charge in [0.2, 0.25) is 0 Å². The van der Waals surface area contributed by atoms with Gasteiger partial charge in [-0.15, -0.1) is 34.2 Å². The molecule has 0 saturated heterocycles. The summed E-state index contributed by atoms with van der Waals surface area (Å²) in [6.45, 7) is 4.25. The van der Waals surface area contributed by atoms with Crippen LogP contribution < -0.4 is 10.6 Å². The van der Waals surface area contributed by atoms with E-state index in [2.05, 4.69) is 32.7 Å². The van der Waals surface area contributed by atoms with Crippen LogP contribution in [0.25, 0.3) is 0 Å². The number of benzene rings is 1. The first kappa shape index (κ1) is 20.3. The monoisotopic (exact) mass is 446 g/mol. The Morgan fingerprint density at radius 1 is 1.29 bits per heavy atom. The molecule has 0 bridgehead atoms. The molecule has 0 aliphatic rings. The van der Waals surface area contributed by atoms with Gasteiger partial charge in [-0.3, -0.25) is 4.99 Å². The molecule has 1 aromatic heterocycles. The predicted octanol–water partition coefficient (Wildman–Crippen LogP) is 2.01. The molecule has 0 amide bonds. The fourth-order valence-corrected chi connectivity index (χ4v) is 2.27. The predicted molar refractivity (Wildman–Crippen MR) is 104 cm³/mol. The molecule has 1 heterocycles. The van der Waals surface area contributed by atoms with Crippen LogP contribution in [-0.4, -0.2) is 40.9 Å². The fraction of sp³-hybridized carbons (Fsp3) is 0.438. The summed E-state index contributed by atoms with van der Waals surface area (Å²) in [5, 5.41) is 14.4. The van der Waals surface area contributed by atoms with E-state index in [1.54, 1.807) is 25.5 Å². The lowest BCUT2D eigenvalue weighted by Gasteiger charge is -2.12. The van der Waals surface area contributed by atoms with E-state index < -0.39 is 0 Å². The average Bonchev–Trinajstić information content (AvgIpc) is 3.01. The second-order valence-corrected chi connectivity index (χ2v) is 5.10. The minimum atomic E-state index is -0.203. The summed E-state index contributed by atoms with van der Waals surface area (Å²) in [7, 11) is 1.73. The maximum Gasteiger partial charge on any atom is 0.191 e. The van der Waals surface area contributed by atoms with Crippen molar-refractivity contribution in [3.8, 4) is 0 Å². The molecular formula is C16H24FIN6. The molecular weight excluding hydrogens is 422 g/mol. The van der Waals surface area contributed by atoms with Crippen LogP contribution in [0.2, 0.25) is 0 Å². The second kappa shape index (κ2) is 11.0. The minimum absolute atomic E-state index is 0. The first-order valence-electron chi connectivity index (χ1n) is 7.78. The van der Waals surface area contributed by atoms with E-state index in [0.29, 0.717) is 6.54 Å². The molecule has 0 fully saturated rings. The SMILES string of the molecule is CCc1nncn1CCNC(=NC)NCCc1cccc(F)c1.I. The smallest absolute Gasteiger partial charge is 0.191 e. The lowest BCUT2D eigenvalue weighted by Crippen LogP contribution is -2.39. The summed E-state index contributed by atoms with van der Waals surface area (Å²) in [4.78, 5) is 4.18. The number of nitrogens with one attached hydrogen (secondary N) is 2. The molecule has 2 N–H and O–H groups in total. The molecule has 0 saturated carbocycles. The molecule has 6 nitrogen and oxygen atoms in total. The molecule has 0 aliphatic heterocycles. The van der Waals surface area contributed by atoms with Crippen molar-refractivity contribution in [2.75, 3.05) is 20.1 Å². The highest BCUT2D eigenvalue weighted by Gasteiger charge is 2.02. The topological polar surface area (TPSA) is 67.1 Å². The van der Waals surface area contributed by atoms with Crippen LogP contribution in [0.4, 0.5) is 4.39 Å². The van der Waals surface area contributed by atoms with Crippen LogP contribution in [0.5, 0.6) is 0 Å². The summed E-state index contributed by atoms with van der Waals surface area (Å²) in [5.74, 6) is 1.50. The summed E-state index contributed by atoms with van der Waals surface area (Å²) in [6.07, 6.45) is 3.34. The van der Waals surface area contributed by atoms with Crippen LogP contribution in [0, 0.1) is 5.82 Å². The third-order valence-electron chi connectivity index (χ3n) is 3.48. The Morgan fingerprint density at radius 3 is 2.79 bits per heavy atom. The van der Waals surface area contributed by atoms with Gasteiger partial charge in [0.05, 0.1) is 0 Å². The molecule has 0 aliphatic carbocycles. The summed E-state index contributed by atoms with van der Waals surface area (Å²) in [5.41, 5.74) is 0.963. The summed E-state index contributed by atoms with van der Waals surface area (Å²) >= 11 is 0. The Bertz CT molecular complexity index is 643. The molecule has 24 heavy (non-hydrogen) atoms. The van der Waals surface area contributed by atoms with Gasteiger partial charge in [0, 0.05) is 33.1 Å². The Labute approximate surface area is 159 Å². The van der Waals surface area contributed by atoms with Gasteiger partial charge < -0.3 is 15.2 Å². The highest BCUT2D eigenvalue weighted by Crippen LogP contribution is 2.03. The van der Waals surface area contributed by atoms with Crippen molar-refractivity contribution in [2.45, 2.75) is 26.3 Å². The molecule has 1 aromatic carbocycles. The number of nitrogens with zero attached hydrogens (tertiary/aromatic N) is 4. The van der Waals surface area contributed by atoms with Gasteiger partial charge in [-0.2, -0.15) is 0 Å². The molecule has 0 atom stereocenters. The second-order valence-electron chi connectivity index (χ2n) is 5.10. The fourth-order valence-electron chi connectivity index (χ4n) is 2.27. The Kier molecular flexibility index (Phi) is 9.28. The van der Waals surface area contributed by atoms with Crippen molar-refractivity contribution < 1.29 is 4.39 Å². The lowest BCUT2D eigenvalue weighted by molar-refractivity contribution is 0.624. The first-order chi connectivity index (χ1) is 11.2. The quantitative estimate of drug-likeness (QED) is 0.388. The van der Waals surface area contributed by atoms with E-state index in [0.717, 1.165) is 43.3 Å². The number of rotatable bonds is 7. The minimum Gasteiger partial charge on any atom is -0.356 e. The number of hydrogen-bond donors (Lipinski definition) is 2. The number of guanidine groups is 1. The number of halogens is 2. The van der Waals surface area contributed by atoms with Crippen molar-refractivity contribution in [2.24, 2.45) is 4.99 Å². The lowest BCUT2D eigenvalue weighted by atomic mass is 10.1. The molecule has 0 unspecified atom stereocenters. The van der Waals surface area contributed by atoms with Crippen molar-refractivity contribution in [3.05, 3.63) is 47.8 Å². The van der Waals surface area contributed by atoms with E-state index >= 15 is 0 Å². The average molecular weight is 446 g/mol. The number of aromatic nitrogens is 3. The van der Waals surface area contributed by atoms with Crippen molar-refractivity contribution >= 4 is 29.9 Å². The highest BCUT2D eigenvalue weighted by molar-refractivity contribution is 14.0. The molecule has 2 rings (SSSR count). The zero-order valence-corrected chi connectivity index (χ0v) is 16.3. The third kappa shape index (κ3) is 6.42. The highest BCUT2D eigenvalue weighted by atomic mass is 127. The standard InChI is InChI=1S/C16H23FN6.HI/c1-3-15-22-21-12-23(15)10-9-20-16(18-2)19-8-7-13-5-4-6-14(17)11-13;/h4-6,11-12H,3,7-10H2,1-2H3,(H2,18,19,20);1H. The van der Waals surface area contributed by atoms with Crippen LogP contribution >= 0.6 is 24.0 Å². The molecule has 0 radical (unpaired) electrons. The van der Waals surface area contributed by atoms with Gasteiger partial charge in [0.1, 0.15) is 18.0 Å². The number of aryl methyl sites for hydroxylation is 1.